The summed E-state index contributed by atoms with van der Waals surface area (Å²) in [5.74, 6) is -1.56. The van der Waals surface area contributed by atoms with Crippen molar-refractivity contribution in [3.63, 3.8) is 0 Å². The lowest BCUT2D eigenvalue weighted by Crippen LogP contribution is -2.17. The Morgan fingerprint density at radius 2 is 1.39 bits per heavy atom. The van der Waals surface area contributed by atoms with Crippen LogP contribution in [0.5, 0.6) is 0 Å². The zero-order chi connectivity index (χ0) is 17.0. The van der Waals surface area contributed by atoms with Crippen LogP contribution in [0.2, 0.25) is 0 Å². The molecule has 0 aliphatic rings. The lowest BCUT2D eigenvalue weighted by Gasteiger charge is -2.08. The van der Waals surface area contributed by atoms with Crippen LogP contribution < -0.4 is 0 Å². The number of carbonyl (C=O) groups excluding carboxylic acids is 2. The Kier molecular flexibility index (Phi) is 4.83. The first-order valence-electron chi connectivity index (χ1n) is 6.69. The van der Waals surface area contributed by atoms with Gasteiger partial charge < -0.3 is 4.74 Å². The molecule has 23 heavy (non-hydrogen) atoms. The van der Waals surface area contributed by atoms with E-state index in [1.807, 2.05) is 0 Å². The summed E-state index contributed by atoms with van der Waals surface area (Å²) in [5.41, 5.74) is 1.26. The molecule has 0 amide bonds. The normalized spacial score (nSPS) is 11.1. The molecule has 6 heteroatoms. The molecule has 0 radical (unpaired) electrons. The van der Waals surface area contributed by atoms with Gasteiger partial charge in [0.1, 0.15) is 0 Å². The zero-order valence-corrected chi connectivity index (χ0v) is 12.2. The Hall–Kier alpha value is -2.63. The molecule has 0 N–H and O–H groups in total. The summed E-state index contributed by atoms with van der Waals surface area (Å²) in [7, 11) is 1.13. The number of hydrogen-bond acceptors (Lipinski definition) is 3. The number of Topliss-reactive ketones (excluding diaryl/α,β-unsaturated/α-hetero) is 1. The number of ketones is 1. The summed E-state index contributed by atoms with van der Waals surface area (Å²) >= 11 is 0. The number of benzene rings is 2. The van der Waals surface area contributed by atoms with Crippen molar-refractivity contribution in [1.82, 2.24) is 0 Å². The number of esters is 1. The summed E-state index contributed by atoms with van der Waals surface area (Å²) in [4.78, 5) is 22.5. The minimum absolute atomic E-state index is 0.0834. The van der Waals surface area contributed by atoms with Gasteiger partial charge in [-0.2, -0.15) is 13.2 Å². The molecular formula is C17H13F3O3. The molecule has 3 nitrogen and oxygen atoms in total. The highest BCUT2D eigenvalue weighted by atomic mass is 19.4. The summed E-state index contributed by atoms with van der Waals surface area (Å²) < 4.78 is 41.9. The molecule has 0 saturated heterocycles. The second-order valence-corrected chi connectivity index (χ2v) is 4.86. The average Bonchev–Trinajstić information content (AvgIpc) is 2.54. The summed E-state index contributed by atoms with van der Waals surface area (Å²) in [6.45, 7) is 0. The molecule has 0 spiro atoms. The van der Waals surface area contributed by atoms with Crippen molar-refractivity contribution in [2.45, 2.75) is 12.6 Å². The van der Waals surface area contributed by atoms with Gasteiger partial charge in [-0.05, 0) is 28.8 Å². The van der Waals surface area contributed by atoms with Crippen LogP contribution in [-0.4, -0.2) is 18.9 Å². The number of halogens is 3. The van der Waals surface area contributed by atoms with E-state index in [4.69, 9.17) is 0 Å². The minimum atomic E-state index is -4.36. The van der Waals surface area contributed by atoms with Crippen LogP contribution in [0, 0.1) is 0 Å². The zero-order valence-electron chi connectivity index (χ0n) is 12.2. The summed E-state index contributed by atoms with van der Waals surface area (Å²) in [6.07, 6.45) is -4.45. The van der Waals surface area contributed by atoms with Crippen molar-refractivity contribution in [3.05, 3.63) is 59.7 Å². The topological polar surface area (TPSA) is 43.4 Å². The minimum Gasteiger partial charge on any atom is -0.463 e. The van der Waals surface area contributed by atoms with E-state index in [-0.39, 0.29) is 6.42 Å². The highest BCUT2D eigenvalue weighted by Gasteiger charge is 2.29. The maximum atomic E-state index is 12.5. The van der Waals surface area contributed by atoms with Crippen LogP contribution in [0.4, 0.5) is 13.2 Å². The molecular weight excluding hydrogens is 309 g/mol. The van der Waals surface area contributed by atoms with Gasteiger partial charge in [0.2, 0.25) is 5.78 Å². The summed E-state index contributed by atoms with van der Waals surface area (Å²) in [5, 5.41) is 0. The van der Waals surface area contributed by atoms with E-state index in [1.54, 1.807) is 24.3 Å². The van der Waals surface area contributed by atoms with Gasteiger partial charge in [-0.1, -0.05) is 36.4 Å². The first kappa shape index (κ1) is 16.7. The molecule has 0 aliphatic carbocycles. The molecule has 2 aromatic carbocycles. The summed E-state index contributed by atoms with van der Waals surface area (Å²) in [6, 6.07) is 11.5. The fraction of sp³-hybridized carbons (Fsp3) is 0.176. The Bertz CT molecular complexity index is 701. The molecule has 2 rings (SSSR count). The van der Waals surface area contributed by atoms with Gasteiger partial charge in [0.15, 0.2) is 0 Å². The highest BCUT2D eigenvalue weighted by molar-refractivity contribution is 6.34. The van der Waals surface area contributed by atoms with Crippen LogP contribution in [0.25, 0.3) is 11.1 Å². The molecule has 0 unspecified atom stereocenters. The Balaban J connectivity index is 2.13. The molecule has 0 aliphatic heterocycles. The smallest absolute Gasteiger partial charge is 0.416 e. The van der Waals surface area contributed by atoms with E-state index in [0.717, 1.165) is 19.2 Å². The van der Waals surface area contributed by atoms with Crippen molar-refractivity contribution in [2.75, 3.05) is 7.11 Å². The number of methoxy groups -OCH3 is 1. The number of alkyl halides is 3. The van der Waals surface area contributed by atoms with Gasteiger partial charge in [-0.3, -0.25) is 4.79 Å². The third kappa shape index (κ3) is 4.18. The Labute approximate surface area is 130 Å². The third-order valence-corrected chi connectivity index (χ3v) is 3.28. The van der Waals surface area contributed by atoms with Crippen LogP contribution in [0.3, 0.4) is 0 Å². The number of hydrogen-bond donors (Lipinski definition) is 0. The number of rotatable bonds is 4. The first-order valence-corrected chi connectivity index (χ1v) is 6.69. The van der Waals surface area contributed by atoms with Crippen molar-refractivity contribution < 1.29 is 27.5 Å². The van der Waals surface area contributed by atoms with Crippen molar-refractivity contribution in [1.29, 1.82) is 0 Å². The van der Waals surface area contributed by atoms with Crippen LogP contribution in [0.1, 0.15) is 11.1 Å². The third-order valence-electron chi connectivity index (χ3n) is 3.28. The molecule has 0 bridgehead atoms. The van der Waals surface area contributed by atoms with Gasteiger partial charge >= 0.3 is 12.1 Å². The Morgan fingerprint density at radius 3 is 1.83 bits per heavy atom. The average molecular weight is 322 g/mol. The molecule has 0 heterocycles. The SMILES string of the molecule is COC(=O)C(=O)Cc1ccc(-c2ccc(C(F)(F)F)cc2)cc1. The van der Waals surface area contributed by atoms with Crippen LogP contribution >= 0.6 is 0 Å². The molecule has 0 aromatic heterocycles. The quantitative estimate of drug-likeness (QED) is 0.637. The second-order valence-electron chi connectivity index (χ2n) is 4.86. The Morgan fingerprint density at radius 1 is 0.913 bits per heavy atom. The van der Waals surface area contributed by atoms with Crippen molar-refractivity contribution >= 4 is 11.8 Å². The van der Waals surface area contributed by atoms with Gasteiger partial charge in [-0.15, -0.1) is 0 Å². The first-order chi connectivity index (χ1) is 10.8. The molecule has 0 fully saturated rings. The van der Waals surface area contributed by atoms with Gasteiger partial charge in [0.25, 0.3) is 0 Å². The van der Waals surface area contributed by atoms with Gasteiger partial charge in [-0.25, -0.2) is 4.79 Å². The van der Waals surface area contributed by atoms with E-state index in [1.165, 1.54) is 12.1 Å². The fourth-order valence-electron chi connectivity index (χ4n) is 2.04. The number of carbonyl (C=O) groups is 2. The predicted molar refractivity (Wildman–Crippen MR) is 77.6 cm³/mol. The van der Waals surface area contributed by atoms with E-state index < -0.39 is 23.5 Å². The lowest BCUT2D eigenvalue weighted by atomic mass is 10.0. The van der Waals surface area contributed by atoms with Gasteiger partial charge in [0, 0.05) is 6.42 Å². The monoisotopic (exact) mass is 322 g/mol. The molecule has 0 atom stereocenters. The van der Waals surface area contributed by atoms with E-state index in [9.17, 15) is 22.8 Å². The fourth-order valence-corrected chi connectivity index (χ4v) is 2.04. The van der Waals surface area contributed by atoms with Crippen molar-refractivity contribution in [2.24, 2.45) is 0 Å². The molecule has 2 aromatic rings. The van der Waals surface area contributed by atoms with Crippen molar-refractivity contribution in [3.8, 4) is 11.1 Å². The highest BCUT2D eigenvalue weighted by Crippen LogP contribution is 2.31. The van der Waals surface area contributed by atoms with Crippen LogP contribution in [-0.2, 0) is 26.9 Å². The lowest BCUT2D eigenvalue weighted by molar-refractivity contribution is -0.151. The standard InChI is InChI=1S/C17H13F3O3/c1-23-16(22)15(21)10-11-2-4-12(5-3-11)13-6-8-14(9-7-13)17(18,19)20/h2-9H,10H2,1H3. The van der Waals surface area contributed by atoms with E-state index in [0.29, 0.717) is 16.7 Å². The van der Waals surface area contributed by atoms with E-state index >= 15 is 0 Å². The molecule has 120 valence electrons. The molecule has 0 saturated carbocycles. The van der Waals surface area contributed by atoms with E-state index in [2.05, 4.69) is 4.74 Å². The maximum absolute atomic E-state index is 12.5. The maximum Gasteiger partial charge on any atom is 0.416 e. The van der Waals surface area contributed by atoms with Gasteiger partial charge in [0.05, 0.1) is 12.7 Å². The second kappa shape index (κ2) is 6.64. The predicted octanol–water partition coefficient (Wildman–Crippen LogP) is 3.66. The number of ether oxygens (including phenoxy) is 1. The largest absolute Gasteiger partial charge is 0.463 e. The van der Waals surface area contributed by atoms with Crippen LogP contribution in [0.15, 0.2) is 48.5 Å².